The van der Waals surface area contributed by atoms with E-state index in [0.717, 1.165) is 19.3 Å². The number of aliphatic hydroxyl groups is 1. The zero-order chi connectivity index (χ0) is 14.7. The summed E-state index contributed by atoms with van der Waals surface area (Å²) in [5, 5.41) is 12.3. The molecule has 0 aromatic carbocycles. The maximum absolute atomic E-state index is 12.4. The molecule has 1 aliphatic carbocycles. The number of carbonyl (C=O) groups is 2. The third-order valence-electron chi connectivity index (χ3n) is 3.43. The van der Waals surface area contributed by atoms with Crippen molar-refractivity contribution in [3.8, 4) is 0 Å². The monoisotopic (exact) mass is 277 g/mol. The SMILES string of the molecule is CCCCCNC1=CC(=O)c2oc(C)c(CO)c2C1=O. The maximum atomic E-state index is 12.4. The highest BCUT2D eigenvalue weighted by Gasteiger charge is 2.33. The molecule has 2 rings (SSSR count). The number of carbonyl (C=O) groups excluding carboxylic acids is 2. The van der Waals surface area contributed by atoms with Gasteiger partial charge in [-0.1, -0.05) is 19.8 Å². The largest absolute Gasteiger partial charge is 0.457 e. The lowest BCUT2D eigenvalue weighted by atomic mass is 9.95. The van der Waals surface area contributed by atoms with E-state index >= 15 is 0 Å². The van der Waals surface area contributed by atoms with E-state index in [9.17, 15) is 14.7 Å². The highest BCUT2D eigenvalue weighted by atomic mass is 16.4. The molecule has 1 heterocycles. The highest BCUT2D eigenvalue weighted by Crippen LogP contribution is 2.28. The van der Waals surface area contributed by atoms with Crippen LogP contribution in [-0.2, 0) is 6.61 Å². The van der Waals surface area contributed by atoms with Crippen LogP contribution in [0.5, 0.6) is 0 Å². The number of unbranched alkanes of at least 4 members (excludes halogenated alkanes) is 2. The maximum Gasteiger partial charge on any atom is 0.223 e. The van der Waals surface area contributed by atoms with Crippen LogP contribution in [0, 0.1) is 6.92 Å². The summed E-state index contributed by atoms with van der Waals surface area (Å²) >= 11 is 0. The van der Waals surface area contributed by atoms with Crippen molar-refractivity contribution in [1.29, 1.82) is 0 Å². The molecule has 0 amide bonds. The number of fused-ring (bicyclic) bond motifs is 1. The van der Waals surface area contributed by atoms with Crippen molar-refractivity contribution in [2.75, 3.05) is 6.54 Å². The third kappa shape index (κ3) is 2.54. The van der Waals surface area contributed by atoms with Gasteiger partial charge < -0.3 is 14.8 Å². The van der Waals surface area contributed by atoms with E-state index in [1.54, 1.807) is 6.92 Å². The molecule has 2 N–H and O–H groups in total. The Morgan fingerprint density at radius 3 is 2.70 bits per heavy atom. The number of aryl methyl sites for hydroxylation is 1. The van der Waals surface area contributed by atoms with E-state index in [0.29, 0.717) is 17.9 Å². The summed E-state index contributed by atoms with van der Waals surface area (Å²) in [6.45, 7) is 4.08. The number of hydrogen-bond acceptors (Lipinski definition) is 5. The van der Waals surface area contributed by atoms with Crippen molar-refractivity contribution >= 4 is 11.6 Å². The van der Waals surface area contributed by atoms with Crippen LogP contribution in [0.1, 0.15) is 58.4 Å². The molecule has 0 aliphatic heterocycles. The molecule has 0 saturated heterocycles. The summed E-state index contributed by atoms with van der Waals surface area (Å²) in [5.74, 6) is -0.159. The van der Waals surface area contributed by atoms with Crippen LogP contribution in [0.25, 0.3) is 0 Å². The molecule has 5 heteroatoms. The first-order valence-electron chi connectivity index (χ1n) is 6.87. The second-order valence-corrected chi connectivity index (χ2v) is 4.88. The van der Waals surface area contributed by atoms with E-state index in [2.05, 4.69) is 12.2 Å². The van der Waals surface area contributed by atoms with Crippen LogP contribution in [0.15, 0.2) is 16.2 Å². The van der Waals surface area contributed by atoms with Crippen molar-refractivity contribution in [3.63, 3.8) is 0 Å². The Kier molecular flexibility index (Phi) is 4.39. The van der Waals surface area contributed by atoms with Crippen molar-refractivity contribution in [2.45, 2.75) is 39.7 Å². The van der Waals surface area contributed by atoms with Crippen molar-refractivity contribution in [2.24, 2.45) is 0 Å². The number of furan rings is 1. The first-order valence-corrected chi connectivity index (χ1v) is 6.87. The number of Topliss-reactive ketones (excluding diaryl/α,β-unsaturated/α-hetero) is 1. The van der Waals surface area contributed by atoms with Gasteiger partial charge in [-0.15, -0.1) is 0 Å². The highest BCUT2D eigenvalue weighted by molar-refractivity contribution is 6.23. The van der Waals surface area contributed by atoms with Gasteiger partial charge in [-0.05, 0) is 13.3 Å². The van der Waals surface area contributed by atoms with Gasteiger partial charge in [-0.2, -0.15) is 0 Å². The fraction of sp³-hybridized carbons (Fsp3) is 0.467. The average molecular weight is 277 g/mol. The lowest BCUT2D eigenvalue weighted by Crippen LogP contribution is -2.27. The Hall–Kier alpha value is -1.88. The van der Waals surface area contributed by atoms with Crippen LogP contribution < -0.4 is 5.32 Å². The molecule has 1 aliphatic rings. The summed E-state index contributed by atoms with van der Waals surface area (Å²) in [5.41, 5.74) is 0.893. The van der Waals surface area contributed by atoms with Crippen molar-refractivity contribution < 1.29 is 19.1 Å². The number of ketones is 2. The normalized spacial score (nSPS) is 14.2. The summed E-state index contributed by atoms with van der Waals surface area (Å²) in [6.07, 6.45) is 4.38. The van der Waals surface area contributed by atoms with Gasteiger partial charge in [-0.3, -0.25) is 9.59 Å². The summed E-state index contributed by atoms with van der Waals surface area (Å²) in [7, 11) is 0. The predicted molar refractivity (Wildman–Crippen MR) is 73.6 cm³/mol. The van der Waals surface area contributed by atoms with E-state index in [1.165, 1.54) is 6.08 Å². The Labute approximate surface area is 117 Å². The van der Waals surface area contributed by atoms with E-state index < -0.39 is 0 Å². The molecule has 0 fully saturated rings. The molecule has 5 nitrogen and oxygen atoms in total. The van der Waals surface area contributed by atoms with Crippen LogP contribution in [-0.4, -0.2) is 23.2 Å². The number of nitrogens with one attached hydrogen (secondary N) is 1. The Bertz CT molecular complexity index is 569. The molecule has 0 saturated carbocycles. The first-order chi connectivity index (χ1) is 9.60. The average Bonchev–Trinajstić information content (AvgIpc) is 2.77. The fourth-order valence-electron chi connectivity index (χ4n) is 2.31. The Morgan fingerprint density at radius 1 is 1.30 bits per heavy atom. The standard InChI is InChI=1S/C15H19NO4/c1-3-4-5-6-16-11-7-12(18)15-13(14(11)19)10(8-17)9(2)20-15/h7,16-17H,3-6,8H2,1-2H3. The van der Waals surface area contributed by atoms with Crippen LogP contribution in [0.4, 0.5) is 0 Å². The van der Waals surface area contributed by atoms with Crippen LogP contribution >= 0.6 is 0 Å². The lowest BCUT2D eigenvalue weighted by Gasteiger charge is -2.13. The van der Waals surface area contributed by atoms with Crippen LogP contribution in [0.2, 0.25) is 0 Å². The van der Waals surface area contributed by atoms with E-state index in [4.69, 9.17) is 4.42 Å². The minimum atomic E-state index is -0.333. The Balaban J connectivity index is 2.22. The van der Waals surface area contributed by atoms with Gasteiger partial charge in [0.25, 0.3) is 0 Å². The second-order valence-electron chi connectivity index (χ2n) is 4.88. The number of allylic oxidation sites excluding steroid dienone is 2. The predicted octanol–water partition coefficient (Wildman–Crippen LogP) is 2.12. The van der Waals surface area contributed by atoms with Gasteiger partial charge in [0.05, 0.1) is 17.9 Å². The van der Waals surface area contributed by atoms with Gasteiger partial charge >= 0.3 is 0 Å². The molecule has 1 aromatic rings. The van der Waals surface area contributed by atoms with E-state index in [1.807, 2.05) is 0 Å². The fourth-order valence-corrected chi connectivity index (χ4v) is 2.31. The molecular formula is C15H19NO4. The van der Waals surface area contributed by atoms with Gasteiger partial charge in [0, 0.05) is 18.2 Å². The number of hydrogen-bond donors (Lipinski definition) is 2. The zero-order valence-electron chi connectivity index (χ0n) is 11.8. The molecule has 108 valence electrons. The molecule has 0 bridgehead atoms. The molecule has 1 aromatic heterocycles. The molecule has 0 radical (unpaired) electrons. The molecule has 0 spiro atoms. The minimum absolute atomic E-state index is 0.0376. The third-order valence-corrected chi connectivity index (χ3v) is 3.43. The lowest BCUT2D eigenvalue weighted by molar-refractivity contribution is 0.0960. The van der Waals surface area contributed by atoms with Crippen LogP contribution in [0.3, 0.4) is 0 Å². The Morgan fingerprint density at radius 2 is 2.05 bits per heavy atom. The van der Waals surface area contributed by atoms with Gasteiger partial charge in [-0.25, -0.2) is 0 Å². The van der Waals surface area contributed by atoms with Gasteiger partial charge in [0.2, 0.25) is 11.6 Å². The molecular weight excluding hydrogens is 258 g/mol. The first kappa shape index (κ1) is 14.5. The second kappa shape index (κ2) is 6.05. The topological polar surface area (TPSA) is 79.5 Å². The molecule has 0 unspecified atom stereocenters. The molecule has 0 atom stereocenters. The summed E-state index contributed by atoms with van der Waals surface area (Å²) in [4.78, 5) is 24.3. The number of rotatable bonds is 6. The van der Waals surface area contributed by atoms with Gasteiger partial charge in [0.15, 0.2) is 5.76 Å². The minimum Gasteiger partial charge on any atom is -0.457 e. The zero-order valence-corrected chi connectivity index (χ0v) is 11.8. The quantitative estimate of drug-likeness (QED) is 0.779. The smallest absolute Gasteiger partial charge is 0.223 e. The van der Waals surface area contributed by atoms with E-state index in [-0.39, 0.29) is 35.2 Å². The summed E-state index contributed by atoms with van der Waals surface area (Å²) in [6, 6.07) is 0. The van der Waals surface area contributed by atoms with Gasteiger partial charge in [0.1, 0.15) is 5.76 Å². The molecule has 20 heavy (non-hydrogen) atoms. The van der Waals surface area contributed by atoms with Crippen molar-refractivity contribution in [1.82, 2.24) is 5.32 Å². The van der Waals surface area contributed by atoms with Crippen molar-refractivity contribution in [3.05, 3.63) is 34.4 Å². The summed E-state index contributed by atoms with van der Waals surface area (Å²) < 4.78 is 5.30. The number of aliphatic hydroxyl groups excluding tert-OH is 1.